The van der Waals surface area contributed by atoms with Gasteiger partial charge >= 0.3 is 0 Å². The largest absolute Gasteiger partial charge is 0.486 e. The molecule has 0 N–H and O–H groups in total. The van der Waals surface area contributed by atoms with Crippen molar-refractivity contribution in [2.24, 2.45) is 0 Å². The van der Waals surface area contributed by atoms with Crippen molar-refractivity contribution in [1.82, 2.24) is 4.90 Å². The molecule has 1 fully saturated rings. The third kappa shape index (κ3) is 2.52. The van der Waals surface area contributed by atoms with Crippen LogP contribution in [0.3, 0.4) is 0 Å². The van der Waals surface area contributed by atoms with Crippen molar-refractivity contribution in [3.8, 4) is 17.6 Å². The van der Waals surface area contributed by atoms with E-state index in [0.29, 0.717) is 13.2 Å². The zero-order valence-electron chi connectivity index (χ0n) is 11.7. The molecule has 0 amide bonds. The number of nitrogens with zero attached hydrogens (tertiary/aromatic N) is 3. The van der Waals surface area contributed by atoms with Crippen LogP contribution >= 0.6 is 0 Å². The molecule has 5 nitrogen and oxygen atoms in total. The van der Waals surface area contributed by atoms with Gasteiger partial charge in [-0.25, -0.2) is 0 Å². The zero-order valence-corrected chi connectivity index (χ0v) is 11.7. The van der Waals surface area contributed by atoms with E-state index in [4.69, 9.17) is 14.7 Å². The van der Waals surface area contributed by atoms with Crippen LogP contribution in [0.1, 0.15) is 6.92 Å². The molecule has 2 aliphatic heterocycles. The van der Waals surface area contributed by atoms with Crippen LogP contribution in [0.15, 0.2) is 18.2 Å². The van der Waals surface area contributed by atoms with Gasteiger partial charge in [-0.2, -0.15) is 5.26 Å². The first kappa shape index (κ1) is 13.1. The van der Waals surface area contributed by atoms with Gasteiger partial charge in [-0.1, -0.05) is 0 Å². The summed E-state index contributed by atoms with van der Waals surface area (Å²) in [7, 11) is 0. The lowest BCUT2D eigenvalue weighted by atomic mass is 10.2. The molecule has 0 aliphatic carbocycles. The normalized spacial score (nSPS) is 20.3. The van der Waals surface area contributed by atoms with Crippen molar-refractivity contribution in [1.29, 1.82) is 5.26 Å². The molecule has 106 valence electrons. The van der Waals surface area contributed by atoms with E-state index in [2.05, 4.69) is 28.0 Å². The average Bonchev–Trinajstić information content (AvgIpc) is 2.54. The van der Waals surface area contributed by atoms with Crippen molar-refractivity contribution in [3.05, 3.63) is 18.2 Å². The van der Waals surface area contributed by atoms with Gasteiger partial charge in [0.1, 0.15) is 13.2 Å². The Morgan fingerprint density at radius 1 is 1.10 bits per heavy atom. The van der Waals surface area contributed by atoms with E-state index in [-0.39, 0.29) is 6.04 Å². The minimum Gasteiger partial charge on any atom is -0.486 e. The standard InChI is InChI=1S/C15H19N3O2/c1-12(11-16)17-4-6-18(7-5-17)13-2-3-14-15(10-13)20-9-8-19-14/h2-3,10,12H,4-9H2,1H3. The number of ether oxygens (including phenoxy) is 2. The number of hydrogen-bond acceptors (Lipinski definition) is 5. The maximum Gasteiger partial charge on any atom is 0.163 e. The molecule has 0 aromatic heterocycles. The highest BCUT2D eigenvalue weighted by molar-refractivity contribution is 5.57. The summed E-state index contributed by atoms with van der Waals surface area (Å²) in [5.41, 5.74) is 1.17. The molecule has 0 saturated carbocycles. The smallest absolute Gasteiger partial charge is 0.163 e. The molecule has 1 aromatic rings. The molecule has 2 heterocycles. The fourth-order valence-electron chi connectivity index (χ4n) is 2.68. The summed E-state index contributed by atoms with van der Waals surface area (Å²) in [6, 6.07) is 8.41. The van der Waals surface area contributed by atoms with Crippen molar-refractivity contribution >= 4 is 5.69 Å². The Hall–Kier alpha value is -1.93. The summed E-state index contributed by atoms with van der Waals surface area (Å²) in [4.78, 5) is 4.55. The minimum absolute atomic E-state index is 0.00239. The molecule has 2 aliphatic rings. The Morgan fingerprint density at radius 3 is 2.50 bits per heavy atom. The third-order valence-corrected chi connectivity index (χ3v) is 3.94. The predicted octanol–water partition coefficient (Wildman–Crippen LogP) is 1.49. The Kier molecular flexibility index (Phi) is 3.66. The monoisotopic (exact) mass is 273 g/mol. The maximum absolute atomic E-state index is 8.97. The molecule has 0 radical (unpaired) electrons. The number of piperazine rings is 1. The molecule has 1 aromatic carbocycles. The second-order valence-electron chi connectivity index (χ2n) is 5.16. The van der Waals surface area contributed by atoms with E-state index in [0.717, 1.165) is 37.7 Å². The van der Waals surface area contributed by atoms with Gasteiger partial charge in [0.2, 0.25) is 0 Å². The number of rotatable bonds is 2. The highest BCUT2D eigenvalue weighted by atomic mass is 16.6. The summed E-state index contributed by atoms with van der Waals surface area (Å²) >= 11 is 0. The Labute approximate surface area is 119 Å². The molecule has 1 atom stereocenters. The van der Waals surface area contributed by atoms with Crippen LogP contribution in [0.4, 0.5) is 5.69 Å². The molecular formula is C15H19N3O2. The first-order valence-electron chi connectivity index (χ1n) is 7.06. The van der Waals surface area contributed by atoms with Crippen molar-refractivity contribution in [3.63, 3.8) is 0 Å². The van der Waals surface area contributed by atoms with E-state index in [9.17, 15) is 0 Å². The fraction of sp³-hybridized carbons (Fsp3) is 0.533. The minimum atomic E-state index is -0.00239. The molecule has 1 saturated heterocycles. The summed E-state index contributed by atoms with van der Waals surface area (Å²) in [5.74, 6) is 1.67. The molecule has 3 rings (SSSR count). The topological polar surface area (TPSA) is 48.7 Å². The van der Waals surface area contributed by atoms with Crippen molar-refractivity contribution in [2.45, 2.75) is 13.0 Å². The number of nitriles is 1. The summed E-state index contributed by atoms with van der Waals surface area (Å²) < 4.78 is 11.2. The number of fused-ring (bicyclic) bond motifs is 1. The van der Waals surface area contributed by atoms with E-state index in [1.54, 1.807) is 0 Å². The first-order chi connectivity index (χ1) is 9.78. The maximum atomic E-state index is 8.97. The quantitative estimate of drug-likeness (QED) is 0.817. The average molecular weight is 273 g/mol. The van der Waals surface area contributed by atoms with E-state index in [1.807, 2.05) is 13.0 Å². The lowest BCUT2D eigenvalue weighted by Crippen LogP contribution is -2.49. The second kappa shape index (κ2) is 5.59. The van der Waals surface area contributed by atoms with Gasteiger partial charge < -0.3 is 14.4 Å². The molecule has 1 unspecified atom stereocenters. The van der Waals surface area contributed by atoms with Crippen LogP contribution in [0, 0.1) is 11.3 Å². The van der Waals surface area contributed by atoms with E-state index >= 15 is 0 Å². The van der Waals surface area contributed by atoms with Crippen LogP contribution in [-0.2, 0) is 0 Å². The van der Waals surface area contributed by atoms with Gasteiger partial charge in [0.05, 0.1) is 12.1 Å². The van der Waals surface area contributed by atoms with E-state index in [1.165, 1.54) is 5.69 Å². The number of benzene rings is 1. The Balaban J connectivity index is 1.68. The van der Waals surface area contributed by atoms with Gasteiger partial charge in [0.15, 0.2) is 11.5 Å². The van der Waals surface area contributed by atoms with E-state index < -0.39 is 0 Å². The van der Waals surface area contributed by atoms with Crippen LogP contribution < -0.4 is 14.4 Å². The first-order valence-corrected chi connectivity index (χ1v) is 7.06. The third-order valence-electron chi connectivity index (χ3n) is 3.94. The van der Waals surface area contributed by atoms with Crippen LogP contribution in [0.25, 0.3) is 0 Å². The highest BCUT2D eigenvalue weighted by Gasteiger charge is 2.22. The summed E-state index contributed by atoms with van der Waals surface area (Å²) in [5, 5.41) is 8.97. The van der Waals surface area contributed by atoms with Crippen LogP contribution in [-0.4, -0.2) is 50.3 Å². The predicted molar refractivity (Wildman–Crippen MR) is 76.3 cm³/mol. The SMILES string of the molecule is CC(C#N)N1CCN(c2ccc3c(c2)OCCO3)CC1. The molecule has 0 spiro atoms. The highest BCUT2D eigenvalue weighted by Crippen LogP contribution is 2.34. The fourth-order valence-corrected chi connectivity index (χ4v) is 2.68. The zero-order chi connectivity index (χ0) is 13.9. The molecule has 5 heteroatoms. The van der Waals surface area contributed by atoms with Crippen LogP contribution in [0.2, 0.25) is 0 Å². The van der Waals surface area contributed by atoms with Gasteiger partial charge in [-0.15, -0.1) is 0 Å². The summed E-state index contributed by atoms with van der Waals surface area (Å²) in [6.07, 6.45) is 0. The van der Waals surface area contributed by atoms with Crippen molar-refractivity contribution in [2.75, 3.05) is 44.3 Å². The summed E-state index contributed by atoms with van der Waals surface area (Å²) in [6.45, 7) is 6.91. The number of hydrogen-bond donors (Lipinski definition) is 0. The molecule has 0 bridgehead atoms. The molecular weight excluding hydrogens is 254 g/mol. The number of anilines is 1. The van der Waals surface area contributed by atoms with Crippen molar-refractivity contribution < 1.29 is 9.47 Å². The van der Waals surface area contributed by atoms with Crippen LogP contribution in [0.5, 0.6) is 11.5 Å². The lowest BCUT2D eigenvalue weighted by molar-refractivity contribution is 0.171. The van der Waals surface area contributed by atoms with Gasteiger partial charge in [0, 0.05) is 37.9 Å². The lowest BCUT2D eigenvalue weighted by Gasteiger charge is -2.37. The van der Waals surface area contributed by atoms with Gasteiger partial charge in [0.25, 0.3) is 0 Å². The second-order valence-corrected chi connectivity index (χ2v) is 5.16. The Morgan fingerprint density at radius 2 is 1.80 bits per heavy atom. The molecule has 20 heavy (non-hydrogen) atoms. The Bertz CT molecular complexity index is 518. The van der Waals surface area contributed by atoms with Gasteiger partial charge in [-0.3, -0.25) is 4.90 Å². The van der Waals surface area contributed by atoms with Gasteiger partial charge in [-0.05, 0) is 19.1 Å².